The van der Waals surface area contributed by atoms with Crippen LogP contribution >= 0.6 is 15.9 Å². The molecule has 2 aromatic heterocycles. The second-order valence-corrected chi connectivity index (χ2v) is 5.62. The molecule has 0 bridgehead atoms. The van der Waals surface area contributed by atoms with Gasteiger partial charge in [0.1, 0.15) is 0 Å². The predicted molar refractivity (Wildman–Crippen MR) is 84.6 cm³/mol. The summed E-state index contributed by atoms with van der Waals surface area (Å²) in [4.78, 5) is 8.77. The smallest absolute Gasteiger partial charge is 0.260 e. The third-order valence-corrected chi connectivity index (χ3v) is 3.74. The topological polar surface area (TPSA) is 77.8 Å². The predicted octanol–water partition coefficient (Wildman–Crippen LogP) is 3.76. The van der Waals surface area contributed by atoms with Crippen molar-refractivity contribution in [2.24, 2.45) is 0 Å². The Hall–Kier alpha value is -2.21. The van der Waals surface area contributed by atoms with E-state index in [2.05, 4.69) is 31.1 Å². The Bertz CT molecular complexity index is 793. The van der Waals surface area contributed by atoms with E-state index >= 15 is 0 Å². The van der Waals surface area contributed by atoms with Gasteiger partial charge in [0.25, 0.3) is 5.89 Å². The lowest BCUT2D eigenvalue weighted by atomic mass is 10.1. The van der Waals surface area contributed by atoms with Gasteiger partial charge in [-0.2, -0.15) is 4.98 Å². The highest BCUT2D eigenvalue weighted by atomic mass is 79.9. The Morgan fingerprint density at radius 2 is 1.81 bits per heavy atom. The normalized spacial score (nSPS) is 10.8. The van der Waals surface area contributed by atoms with Crippen molar-refractivity contribution in [1.29, 1.82) is 0 Å². The molecular weight excluding hydrogens is 332 g/mol. The molecule has 0 saturated carbocycles. The Balaban J connectivity index is 2.06. The van der Waals surface area contributed by atoms with E-state index in [1.165, 1.54) is 0 Å². The van der Waals surface area contributed by atoms with Crippen molar-refractivity contribution in [3.05, 3.63) is 46.2 Å². The highest BCUT2D eigenvalue weighted by Gasteiger charge is 2.14. The summed E-state index contributed by atoms with van der Waals surface area (Å²) in [6.45, 7) is 3.87. The summed E-state index contributed by atoms with van der Waals surface area (Å²) in [6.07, 6.45) is 0. The molecule has 0 amide bonds. The molecule has 0 aliphatic carbocycles. The molecule has 3 rings (SSSR count). The SMILES string of the molecule is Cc1cc(-c2noc(-c3cccc(Br)c3N)n2)cc(C)n1. The van der Waals surface area contributed by atoms with Gasteiger partial charge in [-0.15, -0.1) is 0 Å². The third-order valence-electron chi connectivity index (χ3n) is 3.05. The number of benzene rings is 1. The molecule has 1 aromatic carbocycles. The van der Waals surface area contributed by atoms with E-state index in [9.17, 15) is 0 Å². The van der Waals surface area contributed by atoms with Crippen LogP contribution in [0.2, 0.25) is 0 Å². The van der Waals surface area contributed by atoms with Crippen molar-refractivity contribution in [2.75, 3.05) is 5.73 Å². The Labute approximate surface area is 130 Å². The first-order valence-corrected chi connectivity index (χ1v) is 7.17. The molecule has 2 heterocycles. The maximum absolute atomic E-state index is 6.03. The minimum atomic E-state index is 0.399. The van der Waals surface area contributed by atoms with Gasteiger partial charge in [0.15, 0.2) is 0 Å². The molecule has 21 heavy (non-hydrogen) atoms. The summed E-state index contributed by atoms with van der Waals surface area (Å²) in [5.74, 6) is 0.925. The molecule has 0 aliphatic rings. The van der Waals surface area contributed by atoms with Crippen LogP contribution in [0.5, 0.6) is 0 Å². The zero-order chi connectivity index (χ0) is 15.0. The number of aromatic nitrogens is 3. The third kappa shape index (κ3) is 2.67. The van der Waals surface area contributed by atoms with Gasteiger partial charge in [-0.1, -0.05) is 11.2 Å². The average Bonchev–Trinajstić information content (AvgIpc) is 2.90. The Morgan fingerprint density at radius 3 is 2.52 bits per heavy atom. The van der Waals surface area contributed by atoms with Crippen LogP contribution in [-0.4, -0.2) is 15.1 Å². The lowest BCUT2D eigenvalue weighted by Crippen LogP contribution is -1.92. The van der Waals surface area contributed by atoms with Crippen molar-refractivity contribution >= 4 is 21.6 Å². The number of aryl methyl sites for hydroxylation is 2. The first-order chi connectivity index (χ1) is 10.0. The Kier molecular flexibility index (Phi) is 3.47. The van der Waals surface area contributed by atoms with E-state index in [0.717, 1.165) is 21.4 Å². The second-order valence-electron chi connectivity index (χ2n) is 4.76. The van der Waals surface area contributed by atoms with Gasteiger partial charge in [-0.05, 0) is 54.0 Å². The van der Waals surface area contributed by atoms with Gasteiger partial charge in [0.2, 0.25) is 5.82 Å². The van der Waals surface area contributed by atoms with Crippen molar-refractivity contribution in [1.82, 2.24) is 15.1 Å². The van der Waals surface area contributed by atoms with Crippen LogP contribution in [0, 0.1) is 13.8 Å². The molecule has 0 radical (unpaired) electrons. The second kappa shape index (κ2) is 5.29. The summed E-state index contributed by atoms with van der Waals surface area (Å²) in [6, 6.07) is 9.43. The fraction of sp³-hybridized carbons (Fsp3) is 0.133. The summed E-state index contributed by atoms with van der Waals surface area (Å²) in [5, 5.41) is 4.03. The van der Waals surface area contributed by atoms with Gasteiger partial charge in [-0.3, -0.25) is 4.98 Å². The van der Waals surface area contributed by atoms with E-state index in [-0.39, 0.29) is 0 Å². The monoisotopic (exact) mass is 344 g/mol. The maximum Gasteiger partial charge on any atom is 0.260 e. The number of nitrogens with two attached hydrogens (primary N) is 1. The Morgan fingerprint density at radius 1 is 1.10 bits per heavy atom. The molecule has 6 heteroatoms. The van der Waals surface area contributed by atoms with E-state index in [1.54, 1.807) is 0 Å². The quantitative estimate of drug-likeness (QED) is 0.716. The zero-order valence-electron chi connectivity index (χ0n) is 11.6. The molecule has 0 spiro atoms. The van der Waals surface area contributed by atoms with Gasteiger partial charge < -0.3 is 10.3 Å². The fourth-order valence-electron chi connectivity index (χ4n) is 2.14. The number of anilines is 1. The molecule has 0 fully saturated rings. The van der Waals surface area contributed by atoms with Crippen LogP contribution in [0.25, 0.3) is 22.8 Å². The summed E-state index contributed by atoms with van der Waals surface area (Å²) in [7, 11) is 0. The first kappa shape index (κ1) is 13.8. The molecular formula is C15H13BrN4O. The van der Waals surface area contributed by atoms with Crippen molar-refractivity contribution in [3.8, 4) is 22.8 Å². The summed E-state index contributed by atoms with van der Waals surface area (Å²) >= 11 is 3.39. The van der Waals surface area contributed by atoms with E-state index in [4.69, 9.17) is 10.3 Å². The van der Waals surface area contributed by atoms with Gasteiger partial charge in [-0.25, -0.2) is 0 Å². The number of para-hydroxylation sites is 1. The van der Waals surface area contributed by atoms with E-state index in [0.29, 0.717) is 23.0 Å². The zero-order valence-corrected chi connectivity index (χ0v) is 13.2. The van der Waals surface area contributed by atoms with Crippen molar-refractivity contribution < 1.29 is 4.52 Å². The minimum Gasteiger partial charge on any atom is -0.397 e. The van der Waals surface area contributed by atoms with Gasteiger partial charge in [0, 0.05) is 21.4 Å². The highest BCUT2D eigenvalue weighted by Crippen LogP contribution is 2.31. The lowest BCUT2D eigenvalue weighted by Gasteiger charge is -2.02. The maximum atomic E-state index is 6.03. The number of nitrogens with zero attached hydrogens (tertiary/aromatic N) is 3. The van der Waals surface area contributed by atoms with E-state index < -0.39 is 0 Å². The van der Waals surface area contributed by atoms with Crippen LogP contribution in [0.15, 0.2) is 39.3 Å². The number of hydrogen-bond donors (Lipinski definition) is 1. The number of halogens is 1. The fourth-order valence-corrected chi connectivity index (χ4v) is 2.50. The molecule has 0 aliphatic heterocycles. The van der Waals surface area contributed by atoms with Gasteiger partial charge >= 0.3 is 0 Å². The van der Waals surface area contributed by atoms with Gasteiger partial charge in [0.05, 0.1) is 11.3 Å². The lowest BCUT2D eigenvalue weighted by molar-refractivity contribution is 0.432. The van der Waals surface area contributed by atoms with E-state index in [1.807, 2.05) is 44.2 Å². The molecule has 0 unspecified atom stereocenters. The van der Waals surface area contributed by atoms with Crippen LogP contribution in [-0.2, 0) is 0 Å². The van der Waals surface area contributed by atoms with Crippen LogP contribution in [0.1, 0.15) is 11.4 Å². The molecule has 0 saturated heterocycles. The molecule has 3 aromatic rings. The summed E-state index contributed by atoms with van der Waals surface area (Å²) in [5.41, 5.74) is 10.0. The number of pyridine rings is 1. The minimum absolute atomic E-state index is 0.399. The van der Waals surface area contributed by atoms with Crippen LogP contribution in [0.4, 0.5) is 5.69 Å². The van der Waals surface area contributed by atoms with Crippen LogP contribution in [0.3, 0.4) is 0 Å². The van der Waals surface area contributed by atoms with Crippen molar-refractivity contribution in [2.45, 2.75) is 13.8 Å². The standard InChI is InChI=1S/C15H13BrN4O/c1-8-6-10(7-9(2)18-8)14-19-15(21-20-14)11-4-3-5-12(16)13(11)17/h3-7H,17H2,1-2H3. The molecule has 2 N–H and O–H groups in total. The molecule has 5 nitrogen and oxygen atoms in total. The molecule has 106 valence electrons. The highest BCUT2D eigenvalue weighted by molar-refractivity contribution is 9.10. The molecule has 0 atom stereocenters. The van der Waals surface area contributed by atoms with Crippen molar-refractivity contribution in [3.63, 3.8) is 0 Å². The van der Waals surface area contributed by atoms with Crippen LogP contribution < -0.4 is 5.73 Å². The number of nitrogen functional groups attached to an aromatic ring is 1. The largest absolute Gasteiger partial charge is 0.397 e. The number of rotatable bonds is 2. The average molecular weight is 345 g/mol. The summed E-state index contributed by atoms with van der Waals surface area (Å²) < 4.78 is 6.14. The number of hydrogen-bond acceptors (Lipinski definition) is 5. The first-order valence-electron chi connectivity index (χ1n) is 6.38.